The predicted octanol–water partition coefficient (Wildman–Crippen LogP) is 4.21. The molecule has 0 atom stereocenters. The zero-order chi connectivity index (χ0) is 24.9. The quantitative estimate of drug-likeness (QED) is 0.417. The average Bonchev–Trinajstić information content (AvgIpc) is 2.87. The summed E-state index contributed by atoms with van der Waals surface area (Å²) >= 11 is 0. The van der Waals surface area contributed by atoms with E-state index in [0.29, 0.717) is 0 Å². The molecular formula is C31H34N3O+. The minimum atomic E-state index is 0.844. The Hall–Kier alpha value is -4.05. The van der Waals surface area contributed by atoms with Crippen LogP contribution in [0.2, 0.25) is 0 Å². The van der Waals surface area contributed by atoms with Crippen LogP contribution in [-0.2, 0) is 4.74 Å². The molecule has 1 heterocycles. The standard InChI is InChI=1S/C31H34N3O/c1-32(2)20-19-23-7-9-24(10-8-23)27-21-30(25-11-15-28(16-12-25)33(3)4)35-31(22-27)26-13-17-29(18-14-26)34(5)6/h7-22H,1-6H3/q+1. The fraction of sp³-hybridized carbons (Fsp3) is 0.194. The molecule has 0 aromatic heterocycles. The van der Waals surface area contributed by atoms with Gasteiger partial charge < -0.3 is 14.5 Å². The molecule has 3 aromatic carbocycles. The van der Waals surface area contributed by atoms with E-state index >= 15 is 0 Å². The van der Waals surface area contributed by atoms with E-state index in [1.807, 2.05) is 46.9 Å². The lowest BCUT2D eigenvalue weighted by atomic mass is 10.0. The Morgan fingerprint density at radius 2 is 1.09 bits per heavy atom. The average molecular weight is 465 g/mol. The molecule has 4 nitrogen and oxygen atoms in total. The molecule has 178 valence electrons. The molecule has 1 aliphatic rings. The summed E-state index contributed by atoms with van der Waals surface area (Å²) in [6, 6.07) is 25.6. The minimum absolute atomic E-state index is 0.844. The minimum Gasteiger partial charge on any atom is -0.456 e. The number of hydrogen-bond donors (Lipinski definition) is 0. The number of benzene rings is 3. The Balaban J connectivity index is 1.80. The van der Waals surface area contributed by atoms with E-state index in [2.05, 4.69) is 107 Å². The van der Waals surface area contributed by atoms with Gasteiger partial charge in [0.2, 0.25) is 0 Å². The first-order valence-electron chi connectivity index (χ1n) is 11.8. The Morgan fingerprint density at radius 1 is 0.629 bits per heavy atom. The molecule has 0 saturated heterocycles. The number of ether oxygens (including phenoxy) is 1. The molecule has 0 bridgehead atoms. The summed E-state index contributed by atoms with van der Waals surface area (Å²) in [6.45, 7) is 0. The summed E-state index contributed by atoms with van der Waals surface area (Å²) in [6.07, 6.45) is 8.43. The molecule has 0 fully saturated rings. The van der Waals surface area contributed by atoms with Crippen molar-refractivity contribution in [2.45, 2.75) is 0 Å². The highest BCUT2D eigenvalue weighted by Gasteiger charge is 2.16. The van der Waals surface area contributed by atoms with Gasteiger partial charge in [-0.05, 0) is 76.7 Å². The molecular weight excluding hydrogens is 430 g/mol. The van der Waals surface area contributed by atoms with Gasteiger partial charge in [-0.25, -0.2) is 4.58 Å². The Kier molecular flexibility index (Phi) is 7.21. The van der Waals surface area contributed by atoms with Crippen molar-refractivity contribution in [3.63, 3.8) is 0 Å². The molecule has 4 rings (SSSR count). The SMILES string of the molecule is CN(C)c1ccc(C2=CC(=c3ccc(=CC=[N+](C)C)cc3)C=C(c3ccc(N(C)C)cc3)O2)cc1. The van der Waals surface area contributed by atoms with Gasteiger partial charge in [0, 0.05) is 56.8 Å². The van der Waals surface area contributed by atoms with Crippen molar-refractivity contribution in [2.24, 2.45) is 0 Å². The summed E-state index contributed by atoms with van der Waals surface area (Å²) in [5, 5.41) is 2.32. The third-order valence-electron chi connectivity index (χ3n) is 5.94. The van der Waals surface area contributed by atoms with E-state index < -0.39 is 0 Å². The largest absolute Gasteiger partial charge is 0.456 e. The van der Waals surface area contributed by atoms with Crippen LogP contribution >= 0.6 is 0 Å². The first-order chi connectivity index (χ1) is 16.8. The smallest absolute Gasteiger partial charge is 0.163 e. The van der Waals surface area contributed by atoms with Gasteiger partial charge in [0.25, 0.3) is 0 Å². The van der Waals surface area contributed by atoms with Crippen molar-refractivity contribution < 1.29 is 9.31 Å². The third kappa shape index (κ3) is 5.90. The van der Waals surface area contributed by atoms with Gasteiger partial charge in [-0.2, -0.15) is 0 Å². The Bertz CT molecular complexity index is 1310. The van der Waals surface area contributed by atoms with Crippen molar-refractivity contribution in [1.82, 2.24) is 0 Å². The van der Waals surface area contributed by atoms with Crippen molar-refractivity contribution in [3.05, 3.63) is 107 Å². The van der Waals surface area contributed by atoms with Crippen LogP contribution < -0.4 is 20.2 Å². The lowest BCUT2D eigenvalue weighted by molar-refractivity contribution is -0.457. The molecule has 4 heteroatoms. The Morgan fingerprint density at radius 3 is 1.49 bits per heavy atom. The fourth-order valence-corrected chi connectivity index (χ4v) is 3.82. The summed E-state index contributed by atoms with van der Waals surface area (Å²) in [5.74, 6) is 1.69. The fourth-order valence-electron chi connectivity index (χ4n) is 3.82. The molecule has 0 radical (unpaired) electrons. The Labute approximate surface area is 208 Å². The second-order valence-corrected chi connectivity index (χ2v) is 9.36. The highest BCUT2D eigenvalue weighted by atomic mass is 16.5. The van der Waals surface area contributed by atoms with Gasteiger partial charge in [-0.1, -0.05) is 24.3 Å². The topological polar surface area (TPSA) is 18.7 Å². The molecule has 0 amide bonds. The molecule has 0 N–H and O–H groups in total. The number of allylic oxidation sites excluding steroid dienone is 2. The predicted molar refractivity (Wildman–Crippen MR) is 150 cm³/mol. The van der Waals surface area contributed by atoms with E-state index in [4.69, 9.17) is 4.74 Å². The van der Waals surface area contributed by atoms with E-state index in [1.165, 1.54) is 5.22 Å². The number of rotatable bonds is 5. The van der Waals surface area contributed by atoms with Crippen LogP contribution in [0.5, 0.6) is 0 Å². The molecule has 0 saturated carbocycles. The maximum absolute atomic E-state index is 6.46. The van der Waals surface area contributed by atoms with E-state index in [-0.39, 0.29) is 0 Å². The van der Waals surface area contributed by atoms with Crippen molar-refractivity contribution in [2.75, 3.05) is 52.1 Å². The summed E-state index contributed by atoms with van der Waals surface area (Å²) in [5.41, 5.74) is 5.54. The number of hydrogen-bond acceptors (Lipinski definition) is 3. The summed E-state index contributed by atoms with van der Waals surface area (Å²) < 4.78 is 8.49. The van der Waals surface area contributed by atoms with Gasteiger partial charge in [-0.15, -0.1) is 0 Å². The summed E-state index contributed by atoms with van der Waals surface area (Å²) in [7, 11) is 12.2. The maximum Gasteiger partial charge on any atom is 0.163 e. The second kappa shape index (κ2) is 10.5. The van der Waals surface area contributed by atoms with Crippen molar-refractivity contribution in [3.8, 4) is 0 Å². The van der Waals surface area contributed by atoms with Crippen LogP contribution in [0.1, 0.15) is 11.1 Å². The van der Waals surface area contributed by atoms with E-state index in [0.717, 1.165) is 44.8 Å². The van der Waals surface area contributed by atoms with Crippen molar-refractivity contribution >= 4 is 40.8 Å². The van der Waals surface area contributed by atoms with Crippen LogP contribution in [0.3, 0.4) is 0 Å². The highest BCUT2D eigenvalue weighted by Crippen LogP contribution is 2.33. The molecule has 1 aliphatic heterocycles. The lowest BCUT2D eigenvalue weighted by Gasteiger charge is -2.21. The second-order valence-electron chi connectivity index (χ2n) is 9.36. The maximum atomic E-state index is 6.46. The molecule has 3 aromatic rings. The highest BCUT2D eigenvalue weighted by molar-refractivity contribution is 5.89. The van der Waals surface area contributed by atoms with Gasteiger partial charge >= 0.3 is 0 Å². The van der Waals surface area contributed by atoms with Crippen LogP contribution in [0.25, 0.3) is 23.2 Å². The van der Waals surface area contributed by atoms with Gasteiger partial charge in [-0.3, -0.25) is 0 Å². The molecule has 0 aliphatic carbocycles. The zero-order valence-electron chi connectivity index (χ0n) is 21.5. The zero-order valence-corrected chi connectivity index (χ0v) is 21.5. The van der Waals surface area contributed by atoms with E-state index in [9.17, 15) is 0 Å². The number of anilines is 2. The molecule has 0 unspecified atom stereocenters. The van der Waals surface area contributed by atoms with Gasteiger partial charge in [0.05, 0.1) is 0 Å². The van der Waals surface area contributed by atoms with Crippen LogP contribution in [-0.4, -0.2) is 53.1 Å². The van der Waals surface area contributed by atoms with Crippen LogP contribution in [0.4, 0.5) is 11.4 Å². The van der Waals surface area contributed by atoms with Crippen LogP contribution in [0.15, 0.2) is 84.9 Å². The summed E-state index contributed by atoms with van der Waals surface area (Å²) in [4.78, 5) is 4.20. The lowest BCUT2D eigenvalue weighted by Crippen LogP contribution is -2.12. The van der Waals surface area contributed by atoms with Gasteiger partial charge in [0.1, 0.15) is 25.6 Å². The normalized spacial score (nSPS) is 12.8. The first-order valence-corrected chi connectivity index (χ1v) is 11.8. The monoisotopic (exact) mass is 464 g/mol. The van der Waals surface area contributed by atoms with Gasteiger partial charge in [0.15, 0.2) is 6.21 Å². The first kappa shape index (κ1) is 24.1. The third-order valence-corrected chi connectivity index (χ3v) is 5.94. The molecule has 0 spiro atoms. The van der Waals surface area contributed by atoms with E-state index in [1.54, 1.807) is 0 Å². The molecule has 35 heavy (non-hydrogen) atoms. The van der Waals surface area contributed by atoms with Crippen molar-refractivity contribution in [1.29, 1.82) is 0 Å². The number of nitrogens with zero attached hydrogens (tertiary/aromatic N) is 3. The van der Waals surface area contributed by atoms with Crippen LogP contribution in [0, 0.1) is 0 Å².